The number of hydrogen-bond donors (Lipinski definition) is 2. The van der Waals surface area contributed by atoms with Crippen LogP contribution in [0, 0.1) is 11.6 Å². The largest absolute Gasteiger partial charge is 0.496 e. The van der Waals surface area contributed by atoms with Crippen LogP contribution in [0.2, 0.25) is 0 Å². The standard InChI is InChI=1S/C17H16F2N4O2/c1-23-9-21-14-5-6-15(25-2)11(16(14)23)8-20-17(24)22-10-3-4-12(18)13(19)7-10/h3-7,9H,8H2,1-2H3,(H2,20,22,24). The summed E-state index contributed by atoms with van der Waals surface area (Å²) in [5, 5.41) is 5.13. The average molecular weight is 346 g/mol. The number of anilines is 1. The van der Waals surface area contributed by atoms with Crippen molar-refractivity contribution < 1.29 is 18.3 Å². The molecule has 0 aliphatic rings. The lowest BCUT2D eigenvalue weighted by atomic mass is 10.1. The summed E-state index contributed by atoms with van der Waals surface area (Å²) in [6, 6.07) is 6.20. The maximum atomic E-state index is 13.2. The number of fused-ring (bicyclic) bond motifs is 1. The first-order valence-electron chi connectivity index (χ1n) is 7.46. The van der Waals surface area contributed by atoms with Crippen molar-refractivity contribution in [2.75, 3.05) is 12.4 Å². The molecule has 0 spiro atoms. The fourth-order valence-corrected chi connectivity index (χ4v) is 2.59. The van der Waals surface area contributed by atoms with Crippen molar-refractivity contribution in [2.24, 2.45) is 7.05 Å². The number of carbonyl (C=O) groups is 1. The maximum Gasteiger partial charge on any atom is 0.319 e. The van der Waals surface area contributed by atoms with Gasteiger partial charge in [0.05, 0.1) is 31.0 Å². The second-order valence-electron chi connectivity index (χ2n) is 5.41. The Morgan fingerprint density at radius 1 is 1.24 bits per heavy atom. The van der Waals surface area contributed by atoms with E-state index in [0.29, 0.717) is 5.75 Å². The Balaban J connectivity index is 1.76. The number of ether oxygens (including phenoxy) is 1. The van der Waals surface area contributed by atoms with E-state index >= 15 is 0 Å². The molecule has 8 heteroatoms. The van der Waals surface area contributed by atoms with Crippen LogP contribution in [0.25, 0.3) is 11.0 Å². The van der Waals surface area contributed by atoms with Gasteiger partial charge in [-0.15, -0.1) is 0 Å². The zero-order valence-corrected chi connectivity index (χ0v) is 13.6. The molecule has 6 nitrogen and oxygen atoms in total. The van der Waals surface area contributed by atoms with Crippen LogP contribution in [-0.2, 0) is 13.6 Å². The number of nitrogens with zero attached hydrogens (tertiary/aromatic N) is 2. The second-order valence-corrected chi connectivity index (χ2v) is 5.41. The van der Waals surface area contributed by atoms with E-state index in [1.54, 1.807) is 19.5 Å². The lowest BCUT2D eigenvalue weighted by molar-refractivity contribution is 0.251. The fourth-order valence-electron chi connectivity index (χ4n) is 2.59. The number of halogens is 2. The lowest BCUT2D eigenvalue weighted by Gasteiger charge is -2.13. The molecule has 0 saturated heterocycles. The number of hydrogen-bond acceptors (Lipinski definition) is 3. The number of amides is 2. The second kappa shape index (κ2) is 6.76. The van der Waals surface area contributed by atoms with E-state index < -0.39 is 17.7 Å². The van der Waals surface area contributed by atoms with Gasteiger partial charge in [-0.1, -0.05) is 0 Å². The summed E-state index contributed by atoms with van der Waals surface area (Å²) in [5.41, 5.74) is 2.54. The fraction of sp³-hybridized carbons (Fsp3) is 0.176. The van der Waals surface area contributed by atoms with Gasteiger partial charge in [-0.05, 0) is 24.3 Å². The van der Waals surface area contributed by atoms with Gasteiger partial charge in [0.2, 0.25) is 0 Å². The molecule has 0 fully saturated rings. The van der Waals surface area contributed by atoms with E-state index in [1.165, 1.54) is 6.07 Å². The molecule has 3 rings (SSSR count). The highest BCUT2D eigenvalue weighted by molar-refractivity contribution is 5.90. The molecule has 2 amide bonds. The maximum absolute atomic E-state index is 13.2. The van der Waals surface area contributed by atoms with Crippen molar-refractivity contribution in [1.29, 1.82) is 0 Å². The lowest BCUT2D eigenvalue weighted by Crippen LogP contribution is -2.28. The third-order valence-corrected chi connectivity index (χ3v) is 3.76. The van der Waals surface area contributed by atoms with E-state index in [0.717, 1.165) is 28.7 Å². The monoisotopic (exact) mass is 346 g/mol. The third kappa shape index (κ3) is 3.37. The SMILES string of the molecule is COc1ccc2ncn(C)c2c1CNC(=O)Nc1ccc(F)c(F)c1. The number of urea groups is 1. The molecule has 25 heavy (non-hydrogen) atoms. The predicted molar refractivity (Wildman–Crippen MR) is 89.5 cm³/mol. The molecule has 0 unspecified atom stereocenters. The van der Waals surface area contributed by atoms with Crippen LogP contribution < -0.4 is 15.4 Å². The minimum absolute atomic E-state index is 0.155. The van der Waals surface area contributed by atoms with E-state index in [1.807, 2.05) is 17.7 Å². The highest BCUT2D eigenvalue weighted by Gasteiger charge is 2.13. The van der Waals surface area contributed by atoms with E-state index in [4.69, 9.17) is 4.74 Å². The molecule has 0 aliphatic carbocycles. The number of rotatable bonds is 4. The Morgan fingerprint density at radius 2 is 2.04 bits per heavy atom. The normalized spacial score (nSPS) is 10.7. The van der Waals surface area contributed by atoms with Crippen LogP contribution in [0.3, 0.4) is 0 Å². The van der Waals surface area contributed by atoms with Crippen LogP contribution in [0.5, 0.6) is 5.75 Å². The minimum Gasteiger partial charge on any atom is -0.496 e. The molecule has 3 aromatic rings. The molecule has 0 aliphatic heterocycles. The Morgan fingerprint density at radius 3 is 2.76 bits per heavy atom. The van der Waals surface area contributed by atoms with E-state index in [9.17, 15) is 13.6 Å². The molecule has 2 N–H and O–H groups in total. The molecule has 130 valence electrons. The number of benzene rings is 2. The topological polar surface area (TPSA) is 68.2 Å². The Kier molecular flexibility index (Phi) is 4.51. The predicted octanol–water partition coefficient (Wildman–Crippen LogP) is 3.18. The van der Waals surface area contributed by atoms with Gasteiger partial charge >= 0.3 is 6.03 Å². The molecule has 0 atom stereocenters. The number of carbonyl (C=O) groups excluding carboxylic acids is 1. The molecule has 0 radical (unpaired) electrons. The van der Waals surface area contributed by atoms with Gasteiger partial charge in [0.15, 0.2) is 11.6 Å². The van der Waals surface area contributed by atoms with Crippen LogP contribution >= 0.6 is 0 Å². The van der Waals surface area contributed by atoms with Gasteiger partial charge in [-0.3, -0.25) is 0 Å². The van der Waals surface area contributed by atoms with Gasteiger partial charge in [0.25, 0.3) is 0 Å². The smallest absolute Gasteiger partial charge is 0.319 e. The Bertz CT molecular complexity index is 940. The summed E-state index contributed by atoms with van der Waals surface area (Å²) >= 11 is 0. The minimum atomic E-state index is -1.03. The number of imidazole rings is 1. The first kappa shape index (κ1) is 16.7. The highest BCUT2D eigenvalue weighted by atomic mass is 19.2. The van der Waals surface area contributed by atoms with Crippen LogP contribution in [0.1, 0.15) is 5.56 Å². The molecule has 0 bridgehead atoms. The number of aryl methyl sites for hydroxylation is 1. The van der Waals surface area contributed by atoms with Crippen LogP contribution in [0.15, 0.2) is 36.7 Å². The van der Waals surface area contributed by atoms with Gasteiger partial charge in [0.1, 0.15) is 5.75 Å². The summed E-state index contributed by atoms with van der Waals surface area (Å²) in [6.45, 7) is 0.176. The van der Waals surface area contributed by atoms with Crippen molar-refractivity contribution >= 4 is 22.8 Å². The molecule has 0 saturated carbocycles. The van der Waals surface area contributed by atoms with Gasteiger partial charge < -0.3 is 19.9 Å². The summed E-state index contributed by atoms with van der Waals surface area (Å²) in [5.74, 6) is -1.39. The van der Waals surface area contributed by atoms with Gasteiger partial charge in [-0.2, -0.15) is 0 Å². The summed E-state index contributed by atoms with van der Waals surface area (Å²) in [6.07, 6.45) is 1.68. The molecule has 1 heterocycles. The number of methoxy groups -OCH3 is 1. The third-order valence-electron chi connectivity index (χ3n) is 3.76. The summed E-state index contributed by atoms with van der Waals surface area (Å²) < 4.78 is 33.3. The van der Waals surface area contributed by atoms with Gasteiger partial charge in [-0.25, -0.2) is 18.6 Å². The highest BCUT2D eigenvalue weighted by Crippen LogP contribution is 2.27. The summed E-state index contributed by atoms with van der Waals surface area (Å²) in [4.78, 5) is 16.3. The first-order valence-corrected chi connectivity index (χ1v) is 7.46. The Labute approximate surface area is 142 Å². The first-order chi connectivity index (χ1) is 12.0. The number of nitrogens with one attached hydrogen (secondary N) is 2. The molecular weight excluding hydrogens is 330 g/mol. The molecular formula is C17H16F2N4O2. The average Bonchev–Trinajstić information content (AvgIpc) is 2.97. The Hall–Kier alpha value is -3.16. The van der Waals surface area contributed by atoms with Crippen molar-refractivity contribution in [3.05, 3.63) is 53.9 Å². The van der Waals surface area contributed by atoms with E-state index in [-0.39, 0.29) is 12.2 Å². The van der Waals surface area contributed by atoms with Crippen molar-refractivity contribution in [3.63, 3.8) is 0 Å². The van der Waals surface area contributed by atoms with Crippen molar-refractivity contribution in [1.82, 2.24) is 14.9 Å². The number of aromatic nitrogens is 2. The van der Waals surface area contributed by atoms with Crippen molar-refractivity contribution in [2.45, 2.75) is 6.54 Å². The van der Waals surface area contributed by atoms with Crippen LogP contribution in [-0.4, -0.2) is 22.7 Å². The quantitative estimate of drug-likeness (QED) is 0.762. The van der Waals surface area contributed by atoms with Crippen LogP contribution in [0.4, 0.5) is 19.3 Å². The molecule has 2 aromatic carbocycles. The van der Waals surface area contributed by atoms with E-state index in [2.05, 4.69) is 15.6 Å². The summed E-state index contributed by atoms with van der Waals surface area (Å²) in [7, 11) is 3.39. The zero-order chi connectivity index (χ0) is 18.0. The van der Waals surface area contributed by atoms with Crippen molar-refractivity contribution in [3.8, 4) is 5.75 Å². The molecule has 1 aromatic heterocycles. The van der Waals surface area contributed by atoms with Gasteiger partial charge in [0, 0.05) is 24.4 Å². The zero-order valence-electron chi connectivity index (χ0n) is 13.6.